The normalized spacial score (nSPS) is 22.2. The van der Waals surface area contributed by atoms with Crippen LogP contribution in [0.1, 0.15) is 0 Å². The predicted octanol–water partition coefficient (Wildman–Crippen LogP) is -2.07. The van der Waals surface area contributed by atoms with E-state index in [1.807, 2.05) is 0 Å². The van der Waals surface area contributed by atoms with E-state index in [0.29, 0.717) is 39.4 Å². The molecule has 2 fully saturated rings. The lowest BCUT2D eigenvalue weighted by Crippen LogP contribution is -2.52. The number of hydrogen-bond donors (Lipinski definition) is 1. The summed E-state index contributed by atoms with van der Waals surface area (Å²) in [5.74, 6) is -0.147. The maximum absolute atomic E-state index is 12.3. The molecule has 0 aromatic heterocycles. The summed E-state index contributed by atoms with van der Waals surface area (Å²) in [7, 11) is -2.12. The van der Waals surface area contributed by atoms with Gasteiger partial charge in [0.15, 0.2) is 0 Å². The third kappa shape index (κ3) is 3.67. The molecule has 2 aliphatic rings. The minimum Gasteiger partial charge on any atom is -0.379 e. The summed E-state index contributed by atoms with van der Waals surface area (Å²) < 4.78 is 32.3. The minimum atomic E-state index is -3.57. The molecule has 0 radical (unpaired) electrons. The highest BCUT2D eigenvalue weighted by Gasteiger charge is 2.30. The van der Waals surface area contributed by atoms with Gasteiger partial charge in [0.25, 0.3) is 10.2 Å². The molecule has 1 amide bonds. The number of likely N-dealkylation sites (N-methyl/N-ethyl adjacent to an activating group) is 1. The van der Waals surface area contributed by atoms with E-state index in [0.717, 1.165) is 17.4 Å². The van der Waals surface area contributed by atoms with Gasteiger partial charge in [0.2, 0.25) is 5.91 Å². The molecule has 0 aromatic rings. The molecular weight excluding hydrogens is 284 g/mol. The maximum atomic E-state index is 12.3. The molecule has 2 rings (SSSR count). The Morgan fingerprint density at radius 2 is 1.80 bits per heavy atom. The quantitative estimate of drug-likeness (QED) is 0.645. The monoisotopic (exact) mass is 306 g/mol. The first-order valence-corrected chi connectivity index (χ1v) is 8.19. The van der Waals surface area contributed by atoms with Gasteiger partial charge in [0.05, 0.1) is 19.8 Å². The Hall–Kier alpha value is -0.740. The molecule has 0 aromatic carbocycles. The van der Waals surface area contributed by atoms with Crippen molar-refractivity contribution in [1.82, 2.24) is 18.8 Å². The SMILES string of the molecule is CN(CC(=O)N1CCNCC1)S(=O)(=O)N1CCOCC1. The van der Waals surface area contributed by atoms with Crippen molar-refractivity contribution in [3.63, 3.8) is 0 Å². The number of hydrogen-bond acceptors (Lipinski definition) is 5. The molecular formula is C11H22N4O4S. The van der Waals surface area contributed by atoms with Crippen LogP contribution in [0, 0.1) is 0 Å². The zero-order valence-corrected chi connectivity index (χ0v) is 12.6. The van der Waals surface area contributed by atoms with Crippen LogP contribution in [0.3, 0.4) is 0 Å². The van der Waals surface area contributed by atoms with Gasteiger partial charge < -0.3 is 15.0 Å². The van der Waals surface area contributed by atoms with Crippen molar-refractivity contribution >= 4 is 16.1 Å². The Kier molecular flexibility index (Phi) is 5.33. The number of carbonyl (C=O) groups excluding carboxylic acids is 1. The molecule has 0 unspecified atom stereocenters. The standard InChI is InChI=1S/C11H22N4O4S/c1-13(10-11(16)14-4-2-12-3-5-14)20(17,18)15-6-8-19-9-7-15/h12H,2-10H2,1H3. The van der Waals surface area contributed by atoms with E-state index in [2.05, 4.69) is 5.32 Å². The van der Waals surface area contributed by atoms with Crippen molar-refractivity contribution in [2.24, 2.45) is 0 Å². The molecule has 116 valence electrons. The molecule has 8 nitrogen and oxygen atoms in total. The highest BCUT2D eigenvalue weighted by molar-refractivity contribution is 7.86. The van der Waals surface area contributed by atoms with Gasteiger partial charge in [0.1, 0.15) is 0 Å². The number of ether oxygens (including phenoxy) is 1. The van der Waals surface area contributed by atoms with E-state index in [9.17, 15) is 13.2 Å². The van der Waals surface area contributed by atoms with Crippen molar-refractivity contribution < 1.29 is 17.9 Å². The van der Waals surface area contributed by atoms with Crippen molar-refractivity contribution in [3.05, 3.63) is 0 Å². The first kappa shape index (κ1) is 15.6. The van der Waals surface area contributed by atoms with Crippen molar-refractivity contribution in [3.8, 4) is 0 Å². The molecule has 2 heterocycles. The predicted molar refractivity (Wildman–Crippen MR) is 73.4 cm³/mol. The lowest BCUT2D eigenvalue weighted by Gasteiger charge is -2.32. The van der Waals surface area contributed by atoms with Crippen LogP contribution in [0.5, 0.6) is 0 Å². The van der Waals surface area contributed by atoms with Gasteiger partial charge in [-0.3, -0.25) is 4.79 Å². The van der Waals surface area contributed by atoms with Crippen molar-refractivity contribution in [2.45, 2.75) is 0 Å². The molecule has 9 heteroatoms. The fourth-order valence-corrected chi connectivity index (χ4v) is 3.54. The van der Waals surface area contributed by atoms with E-state index >= 15 is 0 Å². The second-order valence-electron chi connectivity index (χ2n) is 4.91. The summed E-state index contributed by atoms with van der Waals surface area (Å²) >= 11 is 0. The molecule has 20 heavy (non-hydrogen) atoms. The summed E-state index contributed by atoms with van der Waals surface area (Å²) in [6, 6.07) is 0. The van der Waals surface area contributed by atoms with E-state index in [1.165, 1.54) is 11.4 Å². The van der Waals surface area contributed by atoms with Crippen molar-refractivity contribution in [2.75, 3.05) is 66.1 Å². The van der Waals surface area contributed by atoms with Crippen LogP contribution in [-0.4, -0.2) is 93.9 Å². The third-order valence-electron chi connectivity index (χ3n) is 3.52. The van der Waals surface area contributed by atoms with Gasteiger partial charge in [-0.2, -0.15) is 17.0 Å². The van der Waals surface area contributed by atoms with Gasteiger partial charge >= 0.3 is 0 Å². The number of amides is 1. The lowest BCUT2D eigenvalue weighted by atomic mass is 10.3. The fourth-order valence-electron chi connectivity index (χ4n) is 2.26. The van der Waals surface area contributed by atoms with Crippen LogP contribution in [0.25, 0.3) is 0 Å². The smallest absolute Gasteiger partial charge is 0.282 e. The van der Waals surface area contributed by atoms with Crippen LogP contribution in [-0.2, 0) is 19.7 Å². The highest BCUT2D eigenvalue weighted by Crippen LogP contribution is 2.09. The Morgan fingerprint density at radius 1 is 1.20 bits per heavy atom. The maximum Gasteiger partial charge on any atom is 0.282 e. The number of nitrogens with one attached hydrogen (secondary N) is 1. The zero-order chi connectivity index (χ0) is 14.6. The molecule has 1 N–H and O–H groups in total. The summed E-state index contributed by atoms with van der Waals surface area (Å²) in [4.78, 5) is 13.8. The average molecular weight is 306 g/mol. The number of morpholine rings is 1. The summed E-state index contributed by atoms with van der Waals surface area (Å²) in [5.41, 5.74) is 0. The Bertz CT molecular complexity index is 430. The molecule has 0 bridgehead atoms. The van der Waals surface area contributed by atoms with Crippen LogP contribution >= 0.6 is 0 Å². The summed E-state index contributed by atoms with van der Waals surface area (Å²) in [5, 5.41) is 3.16. The number of rotatable bonds is 4. The topological polar surface area (TPSA) is 82.2 Å². The average Bonchev–Trinajstić information content (AvgIpc) is 2.49. The number of carbonyl (C=O) groups is 1. The molecule has 0 atom stereocenters. The lowest BCUT2D eigenvalue weighted by molar-refractivity contribution is -0.131. The van der Waals surface area contributed by atoms with Crippen LogP contribution < -0.4 is 5.32 Å². The molecule has 0 spiro atoms. The van der Waals surface area contributed by atoms with E-state index in [1.54, 1.807) is 4.90 Å². The molecule has 2 aliphatic heterocycles. The summed E-state index contributed by atoms with van der Waals surface area (Å²) in [6.07, 6.45) is 0. The number of piperazine rings is 1. The third-order valence-corrected chi connectivity index (χ3v) is 5.45. The van der Waals surface area contributed by atoms with Crippen LogP contribution in [0.4, 0.5) is 0 Å². The molecule has 2 saturated heterocycles. The highest BCUT2D eigenvalue weighted by atomic mass is 32.2. The van der Waals surface area contributed by atoms with Gasteiger partial charge in [-0.25, -0.2) is 0 Å². The first-order chi connectivity index (χ1) is 9.51. The Morgan fingerprint density at radius 3 is 2.40 bits per heavy atom. The largest absolute Gasteiger partial charge is 0.379 e. The van der Waals surface area contributed by atoms with Gasteiger partial charge in [-0.15, -0.1) is 0 Å². The van der Waals surface area contributed by atoms with Crippen LogP contribution in [0.15, 0.2) is 0 Å². The Labute approximate surface area is 119 Å². The van der Waals surface area contributed by atoms with Gasteiger partial charge in [0, 0.05) is 46.3 Å². The van der Waals surface area contributed by atoms with Crippen molar-refractivity contribution in [1.29, 1.82) is 0 Å². The molecule has 0 aliphatic carbocycles. The van der Waals surface area contributed by atoms with Crippen LogP contribution in [0.2, 0.25) is 0 Å². The minimum absolute atomic E-state index is 0.111. The molecule has 0 saturated carbocycles. The van der Waals surface area contributed by atoms with E-state index in [-0.39, 0.29) is 12.5 Å². The number of nitrogens with zero attached hydrogens (tertiary/aromatic N) is 3. The summed E-state index contributed by atoms with van der Waals surface area (Å²) in [6.45, 7) is 4.15. The van der Waals surface area contributed by atoms with Gasteiger partial charge in [-0.05, 0) is 0 Å². The van der Waals surface area contributed by atoms with E-state index < -0.39 is 10.2 Å². The van der Waals surface area contributed by atoms with Gasteiger partial charge in [-0.1, -0.05) is 0 Å². The second-order valence-corrected chi connectivity index (χ2v) is 6.94. The first-order valence-electron chi connectivity index (χ1n) is 6.79. The fraction of sp³-hybridized carbons (Fsp3) is 0.909. The second kappa shape index (κ2) is 6.81. The Balaban J connectivity index is 1.92. The zero-order valence-electron chi connectivity index (χ0n) is 11.7. The van der Waals surface area contributed by atoms with E-state index in [4.69, 9.17) is 4.74 Å².